The van der Waals surface area contributed by atoms with Crippen molar-refractivity contribution in [1.82, 2.24) is 0 Å². The summed E-state index contributed by atoms with van der Waals surface area (Å²) >= 11 is 0. The van der Waals surface area contributed by atoms with Gasteiger partial charge >= 0.3 is 0 Å². The van der Waals surface area contributed by atoms with Gasteiger partial charge in [-0.1, -0.05) is 6.07 Å². The molecule has 2 aromatic carbocycles. The van der Waals surface area contributed by atoms with Gasteiger partial charge in [-0.25, -0.2) is 8.78 Å². The third-order valence-corrected chi connectivity index (χ3v) is 3.47. The molecule has 0 bridgehead atoms. The Hall–Kier alpha value is -2.34. The van der Waals surface area contributed by atoms with Crippen LogP contribution in [0.2, 0.25) is 0 Å². The lowest BCUT2D eigenvalue weighted by molar-refractivity contribution is -0.686. The number of hydrogen-bond acceptors (Lipinski definition) is 3. The van der Waals surface area contributed by atoms with Crippen molar-refractivity contribution in [1.29, 1.82) is 0 Å². The van der Waals surface area contributed by atoms with Crippen LogP contribution in [0.15, 0.2) is 30.3 Å². The van der Waals surface area contributed by atoms with Gasteiger partial charge in [0.1, 0.15) is 13.1 Å². The lowest BCUT2D eigenvalue weighted by Gasteiger charge is -2.13. The monoisotopic (exact) mass is 324 g/mol. The molecule has 2 N–H and O–H groups in total. The Labute approximate surface area is 134 Å². The van der Waals surface area contributed by atoms with E-state index in [-0.39, 0.29) is 0 Å². The number of quaternary nitrogens is 1. The fourth-order valence-electron chi connectivity index (χ4n) is 2.33. The second kappa shape index (κ2) is 7.78. The first-order valence-electron chi connectivity index (χ1n) is 7.13. The van der Waals surface area contributed by atoms with Crippen molar-refractivity contribution in [3.8, 4) is 17.2 Å². The second-order valence-corrected chi connectivity index (χ2v) is 4.98. The summed E-state index contributed by atoms with van der Waals surface area (Å²) < 4.78 is 42.0. The number of nitrogens with two attached hydrogens (primary N) is 1. The number of hydrogen-bond donors (Lipinski definition) is 1. The van der Waals surface area contributed by atoms with Gasteiger partial charge in [-0.3, -0.25) is 0 Å². The zero-order chi connectivity index (χ0) is 16.8. The molecule has 0 radical (unpaired) electrons. The summed E-state index contributed by atoms with van der Waals surface area (Å²) in [4.78, 5) is 0. The van der Waals surface area contributed by atoms with E-state index in [9.17, 15) is 8.78 Å². The van der Waals surface area contributed by atoms with Gasteiger partial charge in [0.25, 0.3) is 0 Å². The van der Waals surface area contributed by atoms with E-state index in [1.54, 1.807) is 27.4 Å². The molecule has 0 aliphatic rings. The van der Waals surface area contributed by atoms with Crippen molar-refractivity contribution >= 4 is 0 Å². The van der Waals surface area contributed by atoms with Gasteiger partial charge < -0.3 is 19.5 Å². The molecule has 4 nitrogen and oxygen atoms in total. The summed E-state index contributed by atoms with van der Waals surface area (Å²) in [5.74, 6) is 0.0487. The first kappa shape index (κ1) is 17.0. The minimum atomic E-state index is -0.835. The minimum absolute atomic E-state index is 0.536. The molecule has 0 aliphatic heterocycles. The Balaban J connectivity index is 2.06. The summed E-state index contributed by atoms with van der Waals surface area (Å²) in [5, 5.41) is 1.98. The van der Waals surface area contributed by atoms with Crippen LogP contribution in [0, 0.1) is 11.6 Å². The number of methoxy groups -OCH3 is 3. The highest BCUT2D eigenvalue weighted by molar-refractivity contribution is 5.53. The number of ether oxygens (including phenoxy) is 3. The maximum Gasteiger partial charge on any atom is 0.203 e. The van der Waals surface area contributed by atoms with Gasteiger partial charge in [-0.05, 0) is 24.3 Å². The van der Waals surface area contributed by atoms with Gasteiger partial charge in [0.15, 0.2) is 23.1 Å². The molecule has 0 saturated carbocycles. The van der Waals surface area contributed by atoms with Crippen molar-refractivity contribution in [3.63, 3.8) is 0 Å². The SMILES string of the molecule is COc1cc(C[NH2+]Cc2ccc(F)c(F)c2)cc(OC)c1OC. The van der Waals surface area contributed by atoms with E-state index in [1.807, 2.05) is 17.4 Å². The molecule has 0 aromatic heterocycles. The quantitative estimate of drug-likeness (QED) is 0.850. The molecule has 0 atom stereocenters. The third kappa shape index (κ3) is 4.10. The highest BCUT2D eigenvalue weighted by Gasteiger charge is 2.14. The van der Waals surface area contributed by atoms with Crippen molar-refractivity contribution in [2.24, 2.45) is 0 Å². The van der Waals surface area contributed by atoms with Crippen LogP contribution in [0.3, 0.4) is 0 Å². The highest BCUT2D eigenvalue weighted by Crippen LogP contribution is 2.37. The summed E-state index contributed by atoms with van der Waals surface area (Å²) in [5.41, 5.74) is 1.69. The van der Waals surface area contributed by atoms with Crippen LogP contribution in [-0.4, -0.2) is 21.3 Å². The van der Waals surface area contributed by atoms with Crippen molar-refractivity contribution in [2.45, 2.75) is 13.1 Å². The van der Waals surface area contributed by atoms with E-state index in [0.717, 1.165) is 17.2 Å². The Morgan fingerprint density at radius 2 is 1.39 bits per heavy atom. The first-order valence-corrected chi connectivity index (χ1v) is 7.13. The zero-order valence-electron chi connectivity index (χ0n) is 13.4. The van der Waals surface area contributed by atoms with Crippen LogP contribution < -0.4 is 19.5 Å². The fourth-order valence-corrected chi connectivity index (χ4v) is 2.33. The fraction of sp³-hybridized carbons (Fsp3) is 0.294. The van der Waals surface area contributed by atoms with Gasteiger partial charge in [0, 0.05) is 11.1 Å². The second-order valence-electron chi connectivity index (χ2n) is 4.98. The summed E-state index contributed by atoms with van der Waals surface area (Å²) in [6.07, 6.45) is 0. The molecule has 6 heteroatoms. The van der Waals surface area contributed by atoms with Gasteiger partial charge in [0.2, 0.25) is 5.75 Å². The minimum Gasteiger partial charge on any atom is -0.493 e. The van der Waals surface area contributed by atoms with Crippen molar-refractivity contribution in [3.05, 3.63) is 53.1 Å². The lowest BCUT2D eigenvalue weighted by Crippen LogP contribution is -2.80. The Kier molecular flexibility index (Phi) is 5.76. The van der Waals surface area contributed by atoms with E-state index in [1.165, 1.54) is 6.07 Å². The number of halogens is 2. The lowest BCUT2D eigenvalue weighted by atomic mass is 10.1. The predicted octanol–water partition coefficient (Wildman–Crippen LogP) is 2.25. The first-order chi connectivity index (χ1) is 11.1. The molecule has 124 valence electrons. The largest absolute Gasteiger partial charge is 0.493 e. The average Bonchev–Trinajstić information content (AvgIpc) is 2.57. The molecule has 0 spiro atoms. The highest BCUT2D eigenvalue weighted by atomic mass is 19.2. The third-order valence-electron chi connectivity index (χ3n) is 3.47. The van der Waals surface area contributed by atoms with E-state index in [0.29, 0.717) is 30.3 Å². The van der Waals surface area contributed by atoms with E-state index < -0.39 is 11.6 Å². The zero-order valence-corrected chi connectivity index (χ0v) is 13.4. The standard InChI is InChI=1S/C17H19F2NO3/c1-21-15-7-12(8-16(22-2)17(15)23-3)10-20-9-11-4-5-13(18)14(19)6-11/h4-8,20H,9-10H2,1-3H3/p+1. The topological polar surface area (TPSA) is 44.3 Å². The Bertz CT molecular complexity index is 652. The Morgan fingerprint density at radius 1 is 0.783 bits per heavy atom. The van der Waals surface area contributed by atoms with E-state index in [4.69, 9.17) is 14.2 Å². The molecular weight excluding hydrogens is 304 g/mol. The molecule has 0 aliphatic carbocycles. The van der Waals surface area contributed by atoms with Crippen LogP contribution in [0.4, 0.5) is 8.78 Å². The average molecular weight is 324 g/mol. The smallest absolute Gasteiger partial charge is 0.203 e. The molecule has 0 amide bonds. The van der Waals surface area contributed by atoms with Crippen LogP contribution >= 0.6 is 0 Å². The molecule has 2 rings (SSSR count). The normalized spacial score (nSPS) is 10.5. The maximum absolute atomic E-state index is 13.2. The maximum atomic E-state index is 13.2. The summed E-state index contributed by atoms with van der Waals surface area (Å²) in [7, 11) is 4.67. The van der Waals surface area contributed by atoms with Gasteiger partial charge in [0.05, 0.1) is 21.3 Å². The van der Waals surface area contributed by atoms with Crippen molar-refractivity contribution < 1.29 is 28.3 Å². The molecule has 23 heavy (non-hydrogen) atoms. The Morgan fingerprint density at radius 3 is 1.91 bits per heavy atom. The van der Waals surface area contributed by atoms with Crippen LogP contribution in [0.25, 0.3) is 0 Å². The van der Waals surface area contributed by atoms with Crippen LogP contribution in [-0.2, 0) is 13.1 Å². The van der Waals surface area contributed by atoms with Gasteiger partial charge in [-0.2, -0.15) is 0 Å². The molecule has 0 saturated heterocycles. The van der Waals surface area contributed by atoms with Crippen molar-refractivity contribution in [2.75, 3.05) is 21.3 Å². The number of rotatable bonds is 7. The number of benzene rings is 2. The van der Waals surface area contributed by atoms with Crippen LogP contribution in [0.1, 0.15) is 11.1 Å². The molecule has 0 fully saturated rings. The van der Waals surface area contributed by atoms with E-state index in [2.05, 4.69) is 0 Å². The van der Waals surface area contributed by atoms with E-state index >= 15 is 0 Å². The molecule has 2 aromatic rings. The summed E-state index contributed by atoms with van der Waals surface area (Å²) in [6, 6.07) is 7.65. The molecular formula is C17H20F2NO3+. The van der Waals surface area contributed by atoms with Crippen LogP contribution in [0.5, 0.6) is 17.2 Å². The van der Waals surface area contributed by atoms with Gasteiger partial charge in [-0.15, -0.1) is 0 Å². The summed E-state index contributed by atoms with van der Waals surface area (Å²) in [6.45, 7) is 1.17. The predicted molar refractivity (Wildman–Crippen MR) is 81.8 cm³/mol. The molecule has 0 heterocycles. The molecule has 0 unspecified atom stereocenters.